The molecule has 0 aliphatic carbocycles. The molecule has 0 saturated heterocycles. The van der Waals surface area contributed by atoms with Crippen molar-refractivity contribution in [1.29, 1.82) is 0 Å². The average Bonchev–Trinajstić information content (AvgIpc) is 2.50. The molecular weight excluding hydrogens is 284 g/mol. The lowest BCUT2D eigenvalue weighted by molar-refractivity contribution is -0.137. The third-order valence-electron chi connectivity index (χ3n) is 4.51. The van der Waals surface area contributed by atoms with Crippen molar-refractivity contribution in [2.24, 2.45) is 5.92 Å². The Kier molecular flexibility index (Phi) is 11.5. The van der Waals surface area contributed by atoms with Gasteiger partial charge >= 0.3 is 5.97 Å². The fraction of sp³-hybridized carbons (Fsp3) is 0.667. The topological polar surface area (TPSA) is 26.3 Å². The Morgan fingerprint density at radius 3 is 2.22 bits per heavy atom. The zero-order valence-corrected chi connectivity index (χ0v) is 16.3. The van der Waals surface area contributed by atoms with Crippen LogP contribution < -0.4 is 0 Å². The van der Waals surface area contributed by atoms with Crippen LogP contribution in [0.25, 0.3) is 0 Å². The van der Waals surface area contributed by atoms with E-state index in [9.17, 15) is 4.79 Å². The van der Waals surface area contributed by atoms with Gasteiger partial charge in [-0.05, 0) is 76.9 Å². The lowest BCUT2D eigenvalue weighted by Crippen LogP contribution is -2.02. The fourth-order valence-corrected chi connectivity index (χ4v) is 2.69. The number of hydrogen-bond acceptors (Lipinski definition) is 2. The monoisotopic (exact) mass is 320 g/mol. The molecular formula is C21H36O2. The maximum absolute atomic E-state index is 11.5. The van der Waals surface area contributed by atoms with E-state index in [4.69, 9.17) is 4.74 Å². The molecule has 0 N–H and O–H groups in total. The van der Waals surface area contributed by atoms with E-state index in [1.54, 1.807) is 11.6 Å². The van der Waals surface area contributed by atoms with Crippen molar-refractivity contribution in [3.8, 4) is 0 Å². The Labute approximate surface area is 143 Å². The van der Waals surface area contributed by atoms with E-state index in [1.807, 2.05) is 13.8 Å². The summed E-state index contributed by atoms with van der Waals surface area (Å²) < 4.78 is 4.98. The van der Waals surface area contributed by atoms with E-state index in [0.717, 1.165) is 12.0 Å². The van der Waals surface area contributed by atoms with Crippen LogP contribution in [-0.4, -0.2) is 12.6 Å². The standard InChI is InChI=1S/C21H36O2/c1-8-20(9-2)13-11-12-16(4)14-17(5)19(7)18(6)15-21(22)23-10-3/h13,15-16H,8-12,14H2,1-7H3/b18-15+,19-17+. The molecule has 132 valence electrons. The van der Waals surface area contributed by atoms with Gasteiger partial charge in [-0.25, -0.2) is 4.79 Å². The van der Waals surface area contributed by atoms with Crippen molar-refractivity contribution in [2.45, 2.75) is 80.6 Å². The van der Waals surface area contributed by atoms with E-state index >= 15 is 0 Å². The molecule has 0 aromatic rings. The van der Waals surface area contributed by atoms with Crippen LogP contribution in [0.15, 0.2) is 34.4 Å². The third kappa shape index (κ3) is 9.43. The first kappa shape index (κ1) is 21.7. The quantitative estimate of drug-likeness (QED) is 0.202. The molecule has 0 aromatic heterocycles. The van der Waals surface area contributed by atoms with Crippen molar-refractivity contribution in [1.82, 2.24) is 0 Å². The first-order chi connectivity index (χ1) is 10.8. The van der Waals surface area contributed by atoms with E-state index in [-0.39, 0.29) is 5.97 Å². The molecule has 1 atom stereocenters. The molecule has 0 bridgehead atoms. The Morgan fingerprint density at radius 2 is 1.70 bits per heavy atom. The number of hydrogen-bond donors (Lipinski definition) is 0. The van der Waals surface area contributed by atoms with Crippen molar-refractivity contribution in [3.05, 3.63) is 34.4 Å². The number of carbonyl (C=O) groups excluding carboxylic acids is 1. The summed E-state index contributed by atoms with van der Waals surface area (Å²) in [5.41, 5.74) is 5.15. The normalized spacial score (nSPS) is 14.1. The number of ether oxygens (including phenoxy) is 1. The highest BCUT2D eigenvalue weighted by molar-refractivity contribution is 5.83. The SMILES string of the molecule is CCOC(=O)/C=C(C)/C(C)=C(\C)CC(C)CCC=C(CC)CC. The highest BCUT2D eigenvalue weighted by Crippen LogP contribution is 2.23. The van der Waals surface area contributed by atoms with E-state index in [0.29, 0.717) is 12.5 Å². The van der Waals surface area contributed by atoms with Crippen LogP contribution in [0.4, 0.5) is 0 Å². The predicted molar refractivity (Wildman–Crippen MR) is 100 cm³/mol. The van der Waals surface area contributed by atoms with Gasteiger partial charge < -0.3 is 4.74 Å². The highest BCUT2D eigenvalue weighted by atomic mass is 16.5. The van der Waals surface area contributed by atoms with Crippen molar-refractivity contribution in [2.75, 3.05) is 6.61 Å². The Bertz CT molecular complexity index is 446. The summed E-state index contributed by atoms with van der Waals surface area (Å²) in [5.74, 6) is 0.411. The van der Waals surface area contributed by atoms with E-state index < -0.39 is 0 Å². The number of rotatable bonds is 10. The van der Waals surface area contributed by atoms with Crippen LogP contribution in [0.3, 0.4) is 0 Å². The summed E-state index contributed by atoms with van der Waals surface area (Å²) in [6.45, 7) is 15.3. The summed E-state index contributed by atoms with van der Waals surface area (Å²) >= 11 is 0. The lowest BCUT2D eigenvalue weighted by Gasteiger charge is -2.14. The molecule has 0 radical (unpaired) electrons. The minimum atomic E-state index is -0.248. The maximum Gasteiger partial charge on any atom is 0.331 e. The molecule has 1 unspecified atom stereocenters. The smallest absolute Gasteiger partial charge is 0.331 e. The summed E-state index contributed by atoms with van der Waals surface area (Å²) in [4.78, 5) is 11.5. The predicted octanol–water partition coefficient (Wildman–Crippen LogP) is 6.39. The van der Waals surface area contributed by atoms with Gasteiger partial charge in [0.15, 0.2) is 0 Å². The van der Waals surface area contributed by atoms with Crippen LogP contribution in [0.2, 0.25) is 0 Å². The Morgan fingerprint density at radius 1 is 1.09 bits per heavy atom. The number of esters is 1. The highest BCUT2D eigenvalue weighted by Gasteiger charge is 2.07. The summed E-state index contributed by atoms with van der Waals surface area (Å²) in [7, 11) is 0. The molecule has 2 nitrogen and oxygen atoms in total. The molecule has 0 spiro atoms. The molecule has 0 rings (SSSR count). The average molecular weight is 321 g/mol. The van der Waals surface area contributed by atoms with Crippen molar-refractivity contribution in [3.63, 3.8) is 0 Å². The number of carbonyl (C=O) groups is 1. The molecule has 23 heavy (non-hydrogen) atoms. The molecule has 0 amide bonds. The summed E-state index contributed by atoms with van der Waals surface area (Å²) in [5, 5.41) is 0. The third-order valence-corrected chi connectivity index (χ3v) is 4.51. The Balaban J connectivity index is 4.61. The van der Waals surface area contributed by atoms with Gasteiger partial charge in [0, 0.05) is 6.08 Å². The lowest BCUT2D eigenvalue weighted by atomic mass is 9.92. The second-order valence-corrected chi connectivity index (χ2v) is 6.44. The van der Waals surface area contributed by atoms with Crippen LogP contribution in [-0.2, 0) is 9.53 Å². The summed E-state index contributed by atoms with van der Waals surface area (Å²) in [6.07, 6.45) is 9.82. The molecule has 0 fully saturated rings. The van der Waals surface area contributed by atoms with E-state index in [1.165, 1.54) is 36.8 Å². The first-order valence-electron chi connectivity index (χ1n) is 9.05. The van der Waals surface area contributed by atoms with Gasteiger partial charge in [0.25, 0.3) is 0 Å². The van der Waals surface area contributed by atoms with Gasteiger partial charge in [0.1, 0.15) is 0 Å². The van der Waals surface area contributed by atoms with Crippen LogP contribution >= 0.6 is 0 Å². The second kappa shape index (κ2) is 12.2. The van der Waals surface area contributed by atoms with Gasteiger partial charge in [-0.2, -0.15) is 0 Å². The van der Waals surface area contributed by atoms with Crippen LogP contribution in [0.5, 0.6) is 0 Å². The molecule has 0 aromatic carbocycles. The minimum absolute atomic E-state index is 0.248. The largest absolute Gasteiger partial charge is 0.463 e. The van der Waals surface area contributed by atoms with E-state index in [2.05, 4.69) is 40.7 Å². The fourth-order valence-electron chi connectivity index (χ4n) is 2.69. The zero-order chi connectivity index (χ0) is 17.8. The molecule has 0 aliphatic heterocycles. The van der Waals surface area contributed by atoms with Crippen LogP contribution in [0, 0.1) is 5.92 Å². The maximum atomic E-state index is 11.5. The van der Waals surface area contributed by atoms with Gasteiger partial charge in [-0.1, -0.05) is 38.0 Å². The zero-order valence-electron chi connectivity index (χ0n) is 16.3. The second-order valence-electron chi connectivity index (χ2n) is 6.44. The van der Waals surface area contributed by atoms with Gasteiger partial charge in [-0.3, -0.25) is 0 Å². The van der Waals surface area contributed by atoms with Gasteiger partial charge in [0.2, 0.25) is 0 Å². The Hall–Kier alpha value is -1.31. The molecule has 0 aliphatic rings. The van der Waals surface area contributed by atoms with Crippen LogP contribution in [0.1, 0.15) is 80.6 Å². The van der Waals surface area contributed by atoms with Crippen molar-refractivity contribution >= 4 is 5.97 Å². The molecule has 0 saturated carbocycles. The number of allylic oxidation sites excluding steroid dienone is 5. The molecule has 2 heteroatoms. The first-order valence-corrected chi connectivity index (χ1v) is 9.05. The van der Waals surface area contributed by atoms with Gasteiger partial charge in [0.05, 0.1) is 6.61 Å². The van der Waals surface area contributed by atoms with Gasteiger partial charge in [-0.15, -0.1) is 0 Å². The minimum Gasteiger partial charge on any atom is -0.463 e. The molecule has 0 heterocycles. The van der Waals surface area contributed by atoms with Crippen molar-refractivity contribution < 1.29 is 9.53 Å². The summed E-state index contributed by atoms with van der Waals surface area (Å²) in [6, 6.07) is 0.